The van der Waals surface area contributed by atoms with E-state index in [1.54, 1.807) is 0 Å². The zero-order valence-electron chi connectivity index (χ0n) is 11.8. The van der Waals surface area contributed by atoms with E-state index in [0.29, 0.717) is 6.54 Å². The third-order valence-electron chi connectivity index (χ3n) is 3.31. The molecular weight excluding hydrogens is 312 g/mol. The molecule has 0 aliphatic rings. The molecule has 2 aromatic rings. The van der Waals surface area contributed by atoms with Crippen LogP contribution in [-0.4, -0.2) is 18.5 Å². The van der Waals surface area contributed by atoms with Crippen molar-refractivity contribution >= 4 is 15.9 Å². The summed E-state index contributed by atoms with van der Waals surface area (Å²) in [7, 11) is 2.15. The van der Waals surface area contributed by atoms with Gasteiger partial charge in [0.2, 0.25) is 0 Å². The molecule has 2 nitrogen and oxygen atoms in total. The molecule has 0 bridgehead atoms. The first-order valence-corrected chi connectivity index (χ1v) is 7.68. The summed E-state index contributed by atoms with van der Waals surface area (Å²) < 4.78 is 1.17. The van der Waals surface area contributed by atoms with Crippen molar-refractivity contribution in [1.82, 2.24) is 4.90 Å². The fraction of sp³-hybridized carbons (Fsp3) is 0.294. The average Bonchev–Trinajstić information content (AvgIpc) is 2.44. The van der Waals surface area contributed by atoms with Gasteiger partial charge in [0.1, 0.15) is 0 Å². The number of hydrogen-bond donors (Lipinski definition) is 1. The topological polar surface area (TPSA) is 29.3 Å². The van der Waals surface area contributed by atoms with Gasteiger partial charge in [-0.25, -0.2) is 0 Å². The number of nitrogens with two attached hydrogens (primary N) is 1. The second-order valence-electron chi connectivity index (χ2n) is 5.12. The zero-order valence-corrected chi connectivity index (χ0v) is 13.4. The molecule has 106 valence electrons. The van der Waals surface area contributed by atoms with E-state index in [-0.39, 0.29) is 0 Å². The number of rotatable bonds is 6. The Labute approximate surface area is 129 Å². The molecule has 0 spiro atoms. The molecule has 0 saturated heterocycles. The highest BCUT2D eigenvalue weighted by atomic mass is 79.9. The Hall–Kier alpha value is -1.16. The normalized spacial score (nSPS) is 11.0. The molecule has 0 unspecified atom stereocenters. The van der Waals surface area contributed by atoms with Gasteiger partial charge in [0.25, 0.3) is 0 Å². The van der Waals surface area contributed by atoms with E-state index in [2.05, 4.69) is 70.3 Å². The SMILES string of the molecule is CN(Cc1ccc(CCN)cc1)Cc1ccccc1Br. The smallest absolute Gasteiger partial charge is 0.0245 e. The predicted octanol–water partition coefficient (Wildman–Crippen LogP) is 3.58. The molecule has 0 fully saturated rings. The van der Waals surface area contributed by atoms with Crippen molar-refractivity contribution in [2.24, 2.45) is 5.73 Å². The number of hydrogen-bond acceptors (Lipinski definition) is 2. The molecule has 2 aromatic carbocycles. The average molecular weight is 333 g/mol. The Bertz CT molecular complexity index is 537. The molecule has 0 saturated carbocycles. The fourth-order valence-electron chi connectivity index (χ4n) is 2.26. The van der Waals surface area contributed by atoms with Gasteiger partial charge < -0.3 is 5.73 Å². The van der Waals surface area contributed by atoms with E-state index in [0.717, 1.165) is 19.5 Å². The highest BCUT2D eigenvalue weighted by molar-refractivity contribution is 9.10. The summed E-state index contributed by atoms with van der Waals surface area (Å²) in [6.45, 7) is 2.59. The van der Waals surface area contributed by atoms with Gasteiger partial charge in [-0.2, -0.15) is 0 Å². The third kappa shape index (κ3) is 4.44. The van der Waals surface area contributed by atoms with Crippen LogP contribution in [0.15, 0.2) is 53.0 Å². The molecule has 0 aromatic heterocycles. The minimum absolute atomic E-state index is 0.710. The van der Waals surface area contributed by atoms with Crippen LogP contribution in [0.3, 0.4) is 0 Å². The molecule has 0 radical (unpaired) electrons. The minimum Gasteiger partial charge on any atom is -0.330 e. The maximum absolute atomic E-state index is 5.57. The van der Waals surface area contributed by atoms with E-state index in [1.165, 1.54) is 21.2 Å². The van der Waals surface area contributed by atoms with Crippen LogP contribution in [0, 0.1) is 0 Å². The van der Waals surface area contributed by atoms with Crippen molar-refractivity contribution in [3.05, 3.63) is 69.7 Å². The van der Waals surface area contributed by atoms with Crippen molar-refractivity contribution in [2.45, 2.75) is 19.5 Å². The van der Waals surface area contributed by atoms with E-state index in [4.69, 9.17) is 5.73 Å². The van der Waals surface area contributed by atoms with E-state index >= 15 is 0 Å². The standard InChI is InChI=1S/C17H21BrN2/c1-20(13-16-4-2-3-5-17(16)18)12-15-8-6-14(7-9-15)10-11-19/h2-9H,10-13,19H2,1H3. The van der Waals surface area contributed by atoms with E-state index in [1.807, 2.05) is 6.07 Å². The van der Waals surface area contributed by atoms with Crippen molar-refractivity contribution < 1.29 is 0 Å². The lowest BCUT2D eigenvalue weighted by molar-refractivity contribution is 0.318. The zero-order chi connectivity index (χ0) is 14.4. The molecule has 3 heteroatoms. The first-order valence-electron chi connectivity index (χ1n) is 6.89. The molecule has 0 amide bonds. The van der Waals surface area contributed by atoms with Crippen LogP contribution >= 0.6 is 15.9 Å². The maximum Gasteiger partial charge on any atom is 0.0245 e. The van der Waals surface area contributed by atoms with Crippen LogP contribution in [0.5, 0.6) is 0 Å². The molecule has 0 atom stereocenters. The summed E-state index contributed by atoms with van der Waals surface area (Å²) in [5.74, 6) is 0. The predicted molar refractivity (Wildman–Crippen MR) is 88.5 cm³/mol. The molecule has 0 aliphatic carbocycles. The van der Waals surface area contributed by atoms with Crippen LogP contribution in [0.25, 0.3) is 0 Å². The van der Waals surface area contributed by atoms with Gasteiger partial charge in [-0.05, 0) is 42.8 Å². The van der Waals surface area contributed by atoms with E-state index in [9.17, 15) is 0 Å². The van der Waals surface area contributed by atoms with Crippen molar-refractivity contribution in [2.75, 3.05) is 13.6 Å². The highest BCUT2D eigenvalue weighted by Crippen LogP contribution is 2.18. The first-order chi connectivity index (χ1) is 9.69. The number of nitrogens with zero attached hydrogens (tertiary/aromatic N) is 1. The Kier molecular flexibility index (Phi) is 5.77. The van der Waals surface area contributed by atoms with Crippen LogP contribution in [-0.2, 0) is 19.5 Å². The second-order valence-corrected chi connectivity index (χ2v) is 5.97. The van der Waals surface area contributed by atoms with Crippen molar-refractivity contribution in [1.29, 1.82) is 0 Å². The Morgan fingerprint density at radius 3 is 2.25 bits per heavy atom. The van der Waals surface area contributed by atoms with Gasteiger partial charge in [0.05, 0.1) is 0 Å². The Balaban J connectivity index is 1.94. The van der Waals surface area contributed by atoms with E-state index < -0.39 is 0 Å². The molecular formula is C17H21BrN2. The highest BCUT2D eigenvalue weighted by Gasteiger charge is 2.04. The van der Waals surface area contributed by atoms with Gasteiger partial charge in [-0.15, -0.1) is 0 Å². The monoisotopic (exact) mass is 332 g/mol. The van der Waals surface area contributed by atoms with Crippen molar-refractivity contribution in [3.63, 3.8) is 0 Å². The van der Waals surface area contributed by atoms with Gasteiger partial charge >= 0.3 is 0 Å². The third-order valence-corrected chi connectivity index (χ3v) is 4.08. The number of benzene rings is 2. The molecule has 0 aliphatic heterocycles. The quantitative estimate of drug-likeness (QED) is 0.875. The number of halogens is 1. The Morgan fingerprint density at radius 2 is 1.60 bits per heavy atom. The lowest BCUT2D eigenvalue weighted by Crippen LogP contribution is -2.17. The summed E-state index contributed by atoms with van der Waals surface area (Å²) in [6.07, 6.45) is 0.951. The molecule has 2 rings (SSSR count). The first kappa shape index (κ1) is 15.2. The van der Waals surface area contributed by atoms with Crippen LogP contribution in [0.2, 0.25) is 0 Å². The van der Waals surface area contributed by atoms with Gasteiger partial charge in [0.15, 0.2) is 0 Å². The largest absolute Gasteiger partial charge is 0.330 e. The lowest BCUT2D eigenvalue weighted by atomic mass is 10.1. The summed E-state index contributed by atoms with van der Waals surface area (Å²) in [5.41, 5.74) is 9.52. The summed E-state index contributed by atoms with van der Waals surface area (Å²) in [4.78, 5) is 2.32. The molecule has 2 N–H and O–H groups in total. The van der Waals surface area contributed by atoms with Crippen LogP contribution in [0.4, 0.5) is 0 Å². The summed E-state index contributed by atoms with van der Waals surface area (Å²) >= 11 is 3.60. The summed E-state index contributed by atoms with van der Waals surface area (Å²) in [6, 6.07) is 17.1. The summed E-state index contributed by atoms with van der Waals surface area (Å²) in [5, 5.41) is 0. The molecule has 20 heavy (non-hydrogen) atoms. The van der Waals surface area contributed by atoms with Gasteiger partial charge in [0, 0.05) is 17.6 Å². The maximum atomic E-state index is 5.57. The van der Waals surface area contributed by atoms with Crippen LogP contribution in [0.1, 0.15) is 16.7 Å². The molecule has 0 heterocycles. The second kappa shape index (κ2) is 7.58. The van der Waals surface area contributed by atoms with Gasteiger partial charge in [-0.3, -0.25) is 4.90 Å². The van der Waals surface area contributed by atoms with Crippen molar-refractivity contribution in [3.8, 4) is 0 Å². The Morgan fingerprint density at radius 1 is 0.950 bits per heavy atom. The van der Waals surface area contributed by atoms with Gasteiger partial charge in [-0.1, -0.05) is 58.4 Å². The minimum atomic E-state index is 0.710. The van der Waals surface area contributed by atoms with Crippen LogP contribution < -0.4 is 5.73 Å². The lowest BCUT2D eigenvalue weighted by Gasteiger charge is -2.18. The fourth-order valence-corrected chi connectivity index (χ4v) is 2.67.